The molecule has 22 heavy (non-hydrogen) atoms. The second-order valence-electron chi connectivity index (χ2n) is 8.50. The minimum absolute atomic E-state index is 0.376. The highest BCUT2D eigenvalue weighted by Crippen LogP contribution is 2.24. The monoisotopic (exact) mass is 306 g/mol. The Morgan fingerprint density at radius 2 is 1.14 bits per heavy atom. The molecule has 2 nitrogen and oxygen atoms in total. The Hall–Kier alpha value is -1.18. The van der Waals surface area contributed by atoms with E-state index in [1.54, 1.807) is 0 Å². The molecule has 0 N–H and O–H groups in total. The van der Waals surface area contributed by atoms with Gasteiger partial charge in [0, 0.05) is 6.07 Å². The van der Waals surface area contributed by atoms with Gasteiger partial charge in [0.15, 0.2) is 0 Å². The van der Waals surface area contributed by atoms with Gasteiger partial charge in [0.25, 0.3) is 0 Å². The van der Waals surface area contributed by atoms with E-state index in [4.69, 9.17) is 9.47 Å². The van der Waals surface area contributed by atoms with Gasteiger partial charge in [0.05, 0.1) is 13.2 Å². The van der Waals surface area contributed by atoms with Gasteiger partial charge in [-0.15, -0.1) is 0 Å². The molecule has 0 atom stereocenters. The lowest BCUT2D eigenvalue weighted by atomic mass is 9.91. The van der Waals surface area contributed by atoms with Crippen molar-refractivity contribution >= 4 is 0 Å². The number of benzene rings is 1. The predicted octanol–water partition coefficient (Wildman–Crippen LogP) is 6.10. The van der Waals surface area contributed by atoms with E-state index in [9.17, 15) is 0 Å². The summed E-state index contributed by atoms with van der Waals surface area (Å²) >= 11 is 0. The smallest absolute Gasteiger partial charge is 0.122 e. The van der Waals surface area contributed by atoms with Crippen LogP contribution in [0.2, 0.25) is 0 Å². The normalized spacial score (nSPS) is 12.3. The summed E-state index contributed by atoms with van der Waals surface area (Å²) in [4.78, 5) is 0. The molecular formula is C20H34O2. The zero-order chi connectivity index (χ0) is 16.6. The van der Waals surface area contributed by atoms with Crippen LogP contribution in [0.5, 0.6) is 11.5 Å². The highest BCUT2D eigenvalue weighted by Gasteiger charge is 2.10. The molecule has 1 aromatic carbocycles. The third kappa shape index (κ3) is 9.70. The van der Waals surface area contributed by atoms with E-state index < -0.39 is 0 Å². The minimum atomic E-state index is 0.376. The van der Waals surface area contributed by atoms with Gasteiger partial charge < -0.3 is 9.47 Å². The second-order valence-corrected chi connectivity index (χ2v) is 8.50. The van der Waals surface area contributed by atoms with Crippen molar-refractivity contribution in [3.05, 3.63) is 24.3 Å². The summed E-state index contributed by atoms with van der Waals surface area (Å²) in [6.07, 6.45) is 4.52. The lowest BCUT2D eigenvalue weighted by Crippen LogP contribution is -2.08. The molecule has 0 amide bonds. The fourth-order valence-corrected chi connectivity index (χ4v) is 2.24. The molecule has 0 bridgehead atoms. The third-order valence-electron chi connectivity index (χ3n) is 3.49. The van der Waals surface area contributed by atoms with Gasteiger partial charge in [-0.1, -0.05) is 47.6 Å². The molecule has 0 aliphatic rings. The quantitative estimate of drug-likeness (QED) is 0.540. The average Bonchev–Trinajstić information content (AvgIpc) is 2.38. The number of hydrogen-bond acceptors (Lipinski definition) is 2. The van der Waals surface area contributed by atoms with E-state index in [0.29, 0.717) is 10.8 Å². The van der Waals surface area contributed by atoms with Crippen molar-refractivity contribution in [2.45, 2.75) is 67.2 Å². The fraction of sp³-hybridized carbons (Fsp3) is 0.700. The highest BCUT2D eigenvalue weighted by molar-refractivity contribution is 5.32. The predicted molar refractivity (Wildman–Crippen MR) is 94.8 cm³/mol. The van der Waals surface area contributed by atoms with Crippen LogP contribution >= 0.6 is 0 Å². The lowest BCUT2D eigenvalue weighted by molar-refractivity contribution is 0.259. The summed E-state index contributed by atoms with van der Waals surface area (Å²) in [5.41, 5.74) is 0.753. The van der Waals surface area contributed by atoms with Gasteiger partial charge in [0.1, 0.15) is 11.5 Å². The van der Waals surface area contributed by atoms with Crippen LogP contribution in [0.25, 0.3) is 0 Å². The van der Waals surface area contributed by atoms with Gasteiger partial charge in [-0.05, 0) is 48.6 Å². The molecule has 0 aromatic heterocycles. The standard InChI is InChI=1S/C20H34O2/c1-19(2,3)12-8-14-21-17-10-7-11-18(16-17)22-15-9-13-20(4,5)6/h7,10-11,16H,8-9,12-15H2,1-6H3. The van der Waals surface area contributed by atoms with E-state index in [0.717, 1.165) is 37.6 Å². The van der Waals surface area contributed by atoms with Crippen LogP contribution in [0.3, 0.4) is 0 Å². The Labute approximate surface area is 137 Å². The molecule has 0 heterocycles. The van der Waals surface area contributed by atoms with Crippen molar-refractivity contribution in [2.24, 2.45) is 10.8 Å². The van der Waals surface area contributed by atoms with Gasteiger partial charge >= 0.3 is 0 Å². The van der Waals surface area contributed by atoms with Crippen LogP contribution in [-0.4, -0.2) is 13.2 Å². The van der Waals surface area contributed by atoms with Gasteiger partial charge in [-0.25, -0.2) is 0 Å². The SMILES string of the molecule is CC(C)(C)CCCOc1cccc(OCCCC(C)(C)C)c1. The molecule has 0 aliphatic carbocycles. The Morgan fingerprint density at radius 1 is 0.727 bits per heavy atom. The third-order valence-corrected chi connectivity index (χ3v) is 3.49. The van der Waals surface area contributed by atoms with Crippen LogP contribution in [0, 0.1) is 10.8 Å². The summed E-state index contributed by atoms with van der Waals surface area (Å²) in [6.45, 7) is 15.1. The van der Waals surface area contributed by atoms with Crippen LogP contribution < -0.4 is 9.47 Å². The first kappa shape index (κ1) is 18.9. The molecule has 1 rings (SSSR count). The van der Waals surface area contributed by atoms with E-state index in [1.165, 1.54) is 12.8 Å². The molecule has 0 radical (unpaired) electrons. The Balaban J connectivity index is 2.30. The summed E-state index contributed by atoms with van der Waals surface area (Å²) < 4.78 is 11.6. The van der Waals surface area contributed by atoms with Gasteiger partial charge in [0.2, 0.25) is 0 Å². The first-order valence-electron chi connectivity index (χ1n) is 8.51. The van der Waals surface area contributed by atoms with Crippen LogP contribution in [0.1, 0.15) is 67.2 Å². The Kier molecular flexibility index (Phi) is 7.25. The molecule has 0 aliphatic heterocycles. The zero-order valence-corrected chi connectivity index (χ0v) is 15.4. The van der Waals surface area contributed by atoms with Crippen LogP contribution in [-0.2, 0) is 0 Å². The largest absolute Gasteiger partial charge is 0.493 e. The fourth-order valence-electron chi connectivity index (χ4n) is 2.24. The van der Waals surface area contributed by atoms with E-state index in [1.807, 2.05) is 24.3 Å². The molecule has 0 saturated carbocycles. The van der Waals surface area contributed by atoms with Crippen molar-refractivity contribution in [3.63, 3.8) is 0 Å². The van der Waals surface area contributed by atoms with Gasteiger partial charge in [-0.2, -0.15) is 0 Å². The maximum absolute atomic E-state index is 5.82. The van der Waals surface area contributed by atoms with E-state index in [-0.39, 0.29) is 0 Å². The van der Waals surface area contributed by atoms with E-state index >= 15 is 0 Å². The number of rotatable bonds is 8. The first-order chi connectivity index (χ1) is 10.2. The molecule has 0 fully saturated rings. The molecule has 126 valence electrons. The summed E-state index contributed by atoms with van der Waals surface area (Å²) in [5, 5.41) is 0. The first-order valence-corrected chi connectivity index (χ1v) is 8.51. The van der Waals surface area contributed by atoms with Crippen molar-refractivity contribution < 1.29 is 9.47 Å². The summed E-state index contributed by atoms with van der Waals surface area (Å²) in [5.74, 6) is 1.81. The highest BCUT2D eigenvalue weighted by atomic mass is 16.5. The van der Waals surface area contributed by atoms with Crippen molar-refractivity contribution in [1.82, 2.24) is 0 Å². The Morgan fingerprint density at radius 3 is 1.50 bits per heavy atom. The minimum Gasteiger partial charge on any atom is -0.493 e. The average molecular weight is 306 g/mol. The molecule has 0 saturated heterocycles. The van der Waals surface area contributed by atoms with E-state index in [2.05, 4.69) is 41.5 Å². The second kappa shape index (κ2) is 8.45. The van der Waals surface area contributed by atoms with Gasteiger partial charge in [-0.3, -0.25) is 0 Å². The van der Waals surface area contributed by atoms with Crippen molar-refractivity contribution in [2.75, 3.05) is 13.2 Å². The number of hydrogen-bond donors (Lipinski definition) is 0. The van der Waals surface area contributed by atoms with Crippen molar-refractivity contribution in [3.8, 4) is 11.5 Å². The maximum atomic E-state index is 5.82. The maximum Gasteiger partial charge on any atom is 0.122 e. The molecular weight excluding hydrogens is 272 g/mol. The topological polar surface area (TPSA) is 18.5 Å². The lowest BCUT2D eigenvalue weighted by Gasteiger charge is -2.18. The van der Waals surface area contributed by atoms with Crippen LogP contribution in [0.15, 0.2) is 24.3 Å². The summed E-state index contributed by atoms with van der Waals surface area (Å²) in [6, 6.07) is 7.99. The number of ether oxygens (including phenoxy) is 2. The molecule has 0 spiro atoms. The summed E-state index contributed by atoms with van der Waals surface area (Å²) in [7, 11) is 0. The Bertz CT molecular complexity index is 387. The zero-order valence-electron chi connectivity index (χ0n) is 15.4. The molecule has 2 heteroatoms. The molecule has 0 unspecified atom stereocenters. The van der Waals surface area contributed by atoms with Crippen LogP contribution in [0.4, 0.5) is 0 Å². The molecule has 1 aromatic rings. The van der Waals surface area contributed by atoms with Crippen molar-refractivity contribution in [1.29, 1.82) is 0 Å².